The van der Waals surface area contributed by atoms with Crippen molar-refractivity contribution >= 4 is 11.7 Å². The zero-order chi connectivity index (χ0) is 20.0. The van der Waals surface area contributed by atoms with Crippen LogP contribution in [-0.4, -0.2) is 30.9 Å². The summed E-state index contributed by atoms with van der Waals surface area (Å²) in [6.07, 6.45) is -2.67. The van der Waals surface area contributed by atoms with Gasteiger partial charge in [0.25, 0.3) is 5.91 Å². The minimum atomic E-state index is -4.63. The number of amides is 1. The van der Waals surface area contributed by atoms with Crippen LogP contribution in [-0.2, 0) is 11.0 Å². The van der Waals surface area contributed by atoms with Crippen LogP contribution in [0.25, 0.3) is 0 Å². The van der Waals surface area contributed by atoms with E-state index in [9.17, 15) is 18.0 Å². The summed E-state index contributed by atoms with van der Waals surface area (Å²) >= 11 is 0. The minimum absolute atomic E-state index is 0.0576. The second kappa shape index (κ2) is 8.62. The largest absolute Gasteiger partial charge is 0.490 e. The van der Waals surface area contributed by atoms with Gasteiger partial charge >= 0.3 is 6.18 Å². The monoisotopic (exact) mass is 381 g/mol. The van der Waals surface area contributed by atoms with Crippen molar-refractivity contribution in [2.75, 3.05) is 7.05 Å². The van der Waals surface area contributed by atoms with E-state index < -0.39 is 23.2 Å². The van der Waals surface area contributed by atoms with Gasteiger partial charge in [-0.25, -0.2) is 5.53 Å². The molecule has 27 heavy (non-hydrogen) atoms. The quantitative estimate of drug-likeness (QED) is 0.475. The Morgan fingerprint density at radius 3 is 2.52 bits per heavy atom. The molecule has 1 aromatic rings. The van der Waals surface area contributed by atoms with E-state index in [2.05, 4.69) is 15.4 Å². The first-order valence-electron chi connectivity index (χ1n) is 8.21. The number of aliphatic imine (C=N–C) groups is 1. The van der Waals surface area contributed by atoms with E-state index in [0.717, 1.165) is 12.1 Å². The normalized spacial score (nSPS) is 20.5. The Hall–Kier alpha value is -2.96. The number of rotatable bonds is 3. The maximum absolute atomic E-state index is 13.0. The predicted molar refractivity (Wildman–Crippen MR) is 89.5 cm³/mol. The molecule has 10 heteroatoms. The SMILES string of the molecule is C/N=C(\N=N)C(=O)N[C@H]1CC[C@H](Oc2ccc(C#N)c(C(F)(F)F)c2)CC1. The third-order valence-electron chi connectivity index (χ3n) is 4.25. The number of halogens is 3. The fourth-order valence-electron chi connectivity index (χ4n) is 2.90. The highest BCUT2D eigenvalue weighted by Gasteiger charge is 2.34. The molecule has 2 rings (SSSR count). The maximum Gasteiger partial charge on any atom is 0.417 e. The van der Waals surface area contributed by atoms with E-state index in [4.69, 9.17) is 15.5 Å². The van der Waals surface area contributed by atoms with Crippen molar-refractivity contribution in [3.63, 3.8) is 0 Å². The van der Waals surface area contributed by atoms with Gasteiger partial charge in [-0.15, -0.1) is 5.11 Å². The second-order valence-electron chi connectivity index (χ2n) is 6.04. The van der Waals surface area contributed by atoms with Crippen molar-refractivity contribution in [3.05, 3.63) is 29.3 Å². The lowest BCUT2D eigenvalue weighted by Crippen LogP contribution is -2.42. The van der Waals surface area contributed by atoms with Crippen LogP contribution in [0.5, 0.6) is 5.75 Å². The fourth-order valence-corrected chi connectivity index (χ4v) is 2.90. The number of ether oxygens (including phenoxy) is 1. The van der Waals surface area contributed by atoms with Crippen molar-refractivity contribution < 1.29 is 22.7 Å². The molecule has 0 spiro atoms. The molecule has 0 bridgehead atoms. The molecule has 1 saturated carbocycles. The first kappa shape index (κ1) is 20.4. The molecule has 144 valence electrons. The van der Waals surface area contributed by atoms with Crippen LogP contribution in [0.1, 0.15) is 36.8 Å². The standard InChI is InChI=1S/C17H18F3N5O2/c1-23-15(25-22)16(26)24-11-3-6-12(7-4-11)27-13-5-2-10(9-21)14(8-13)17(18,19)20/h2,5,8,11-12,22H,3-4,6-7H2,1H3,(H,24,26)/b23-15-,25-22?/t11-,12-. The van der Waals surface area contributed by atoms with E-state index in [1.54, 1.807) is 0 Å². The number of carbonyl (C=O) groups is 1. The fraction of sp³-hybridized carbons (Fsp3) is 0.471. The van der Waals surface area contributed by atoms with Crippen LogP contribution in [0.15, 0.2) is 28.3 Å². The smallest absolute Gasteiger partial charge is 0.417 e. The zero-order valence-corrected chi connectivity index (χ0v) is 14.5. The first-order chi connectivity index (χ1) is 12.8. The van der Waals surface area contributed by atoms with Gasteiger partial charge in [0.05, 0.1) is 23.3 Å². The van der Waals surface area contributed by atoms with Crippen molar-refractivity contribution in [2.45, 2.75) is 44.0 Å². The summed E-state index contributed by atoms with van der Waals surface area (Å²) in [5.41, 5.74) is 5.40. The summed E-state index contributed by atoms with van der Waals surface area (Å²) in [5.74, 6) is -0.688. The summed E-state index contributed by atoms with van der Waals surface area (Å²) < 4.78 is 44.7. The Bertz CT molecular complexity index is 778. The molecule has 0 unspecified atom stereocenters. The lowest BCUT2D eigenvalue weighted by atomic mass is 9.93. The van der Waals surface area contributed by atoms with Crippen LogP contribution in [0, 0.1) is 16.9 Å². The highest BCUT2D eigenvalue weighted by atomic mass is 19.4. The number of hydrogen-bond donors (Lipinski definition) is 2. The van der Waals surface area contributed by atoms with E-state index in [-0.39, 0.29) is 23.7 Å². The number of hydrogen-bond acceptors (Lipinski definition) is 5. The van der Waals surface area contributed by atoms with Crippen LogP contribution >= 0.6 is 0 Å². The molecular weight excluding hydrogens is 363 g/mol. The first-order valence-corrected chi connectivity index (χ1v) is 8.21. The summed E-state index contributed by atoms with van der Waals surface area (Å²) in [6.45, 7) is 0. The van der Waals surface area contributed by atoms with Gasteiger partial charge in [-0.1, -0.05) is 0 Å². The summed E-state index contributed by atoms with van der Waals surface area (Å²) in [7, 11) is 1.37. The number of benzene rings is 1. The van der Waals surface area contributed by atoms with E-state index >= 15 is 0 Å². The van der Waals surface area contributed by atoms with Crippen molar-refractivity contribution in [1.82, 2.24) is 5.32 Å². The molecular formula is C17H18F3N5O2. The van der Waals surface area contributed by atoms with Crippen LogP contribution < -0.4 is 10.1 Å². The van der Waals surface area contributed by atoms with E-state index in [1.807, 2.05) is 0 Å². The zero-order valence-electron chi connectivity index (χ0n) is 14.5. The average Bonchev–Trinajstić information content (AvgIpc) is 2.63. The number of nitriles is 1. The topological polar surface area (TPSA) is 111 Å². The third-order valence-corrected chi connectivity index (χ3v) is 4.25. The minimum Gasteiger partial charge on any atom is -0.490 e. The molecule has 1 fully saturated rings. The highest BCUT2D eigenvalue weighted by Crippen LogP contribution is 2.35. The Morgan fingerprint density at radius 1 is 1.33 bits per heavy atom. The van der Waals surface area contributed by atoms with Crippen LogP contribution in [0.3, 0.4) is 0 Å². The van der Waals surface area contributed by atoms with Gasteiger partial charge < -0.3 is 10.1 Å². The maximum atomic E-state index is 13.0. The number of alkyl halides is 3. The van der Waals surface area contributed by atoms with Crippen molar-refractivity contribution in [1.29, 1.82) is 10.8 Å². The van der Waals surface area contributed by atoms with Gasteiger partial charge in [0.2, 0.25) is 5.84 Å². The van der Waals surface area contributed by atoms with E-state index in [0.29, 0.717) is 25.7 Å². The summed E-state index contributed by atoms with van der Waals surface area (Å²) in [5, 5.41) is 14.6. The number of amidine groups is 1. The predicted octanol–water partition coefficient (Wildman–Crippen LogP) is 3.44. The van der Waals surface area contributed by atoms with Crippen molar-refractivity contribution in [3.8, 4) is 11.8 Å². The number of nitrogens with zero attached hydrogens (tertiary/aromatic N) is 3. The lowest BCUT2D eigenvalue weighted by Gasteiger charge is -2.29. The highest BCUT2D eigenvalue weighted by molar-refractivity contribution is 6.38. The summed E-state index contributed by atoms with van der Waals surface area (Å²) in [6, 6.07) is 4.68. The molecule has 0 aromatic heterocycles. The molecule has 0 aliphatic heterocycles. The van der Waals surface area contributed by atoms with E-state index in [1.165, 1.54) is 19.2 Å². The summed E-state index contributed by atoms with van der Waals surface area (Å²) in [4.78, 5) is 15.4. The number of nitrogens with one attached hydrogen (secondary N) is 2. The number of carbonyl (C=O) groups excluding carboxylic acids is 1. The second-order valence-corrected chi connectivity index (χ2v) is 6.04. The van der Waals surface area contributed by atoms with Gasteiger partial charge in [-0.2, -0.15) is 18.4 Å². The van der Waals surface area contributed by atoms with Gasteiger partial charge in [0, 0.05) is 13.1 Å². The Kier molecular flexibility index (Phi) is 6.50. The van der Waals surface area contributed by atoms with Gasteiger partial charge in [0.1, 0.15) is 5.75 Å². The molecule has 0 radical (unpaired) electrons. The Morgan fingerprint density at radius 2 is 2.00 bits per heavy atom. The molecule has 0 saturated heterocycles. The van der Waals surface area contributed by atoms with Crippen molar-refractivity contribution in [2.24, 2.45) is 10.1 Å². The molecule has 1 aromatic carbocycles. The van der Waals surface area contributed by atoms with Crippen LogP contribution in [0.2, 0.25) is 0 Å². The Labute approximate surface area is 153 Å². The Balaban J connectivity index is 1.95. The lowest BCUT2D eigenvalue weighted by molar-refractivity contribution is -0.137. The van der Waals surface area contributed by atoms with Crippen LogP contribution in [0.4, 0.5) is 13.2 Å². The molecule has 1 aliphatic rings. The molecule has 0 heterocycles. The van der Waals surface area contributed by atoms with Gasteiger partial charge in [-0.05, 0) is 43.9 Å². The van der Waals surface area contributed by atoms with Gasteiger partial charge in [-0.3, -0.25) is 9.79 Å². The molecule has 1 amide bonds. The average molecular weight is 381 g/mol. The molecule has 7 nitrogen and oxygen atoms in total. The third kappa shape index (κ3) is 5.26. The molecule has 1 aliphatic carbocycles. The molecule has 2 N–H and O–H groups in total. The molecule has 0 atom stereocenters. The van der Waals surface area contributed by atoms with Gasteiger partial charge in [0.15, 0.2) is 0 Å².